The molecule has 4 aromatic rings. The lowest BCUT2D eigenvalue weighted by Gasteiger charge is -2.24. The maximum absolute atomic E-state index is 13.5. The molecule has 1 heterocycles. The number of rotatable bonds is 8. The minimum atomic E-state index is -0.372. The molecular formula is C30H32ClN5O2. The van der Waals surface area contributed by atoms with Gasteiger partial charge >= 0.3 is 6.03 Å². The second kappa shape index (κ2) is 12.0. The molecule has 0 fully saturated rings. The second-order valence-corrected chi connectivity index (χ2v) is 10.1. The highest BCUT2D eigenvalue weighted by Crippen LogP contribution is 2.34. The van der Waals surface area contributed by atoms with Crippen molar-refractivity contribution in [1.82, 2.24) is 14.7 Å². The summed E-state index contributed by atoms with van der Waals surface area (Å²) in [5.41, 5.74) is 5.01. The zero-order valence-corrected chi connectivity index (χ0v) is 22.8. The van der Waals surface area contributed by atoms with Crippen molar-refractivity contribution in [3.63, 3.8) is 0 Å². The van der Waals surface area contributed by atoms with Crippen LogP contribution in [0.2, 0.25) is 5.02 Å². The Labute approximate surface area is 228 Å². The second-order valence-electron chi connectivity index (χ2n) is 9.64. The average Bonchev–Trinajstić information content (AvgIpc) is 3.19. The molecule has 0 aliphatic rings. The summed E-state index contributed by atoms with van der Waals surface area (Å²) in [6.07, 6.45) is 0. The maximum atomic E-state index is 13.5. The predicted octanol–water partition coefficient (Wildman–Crippen LogP) is 6.94. The first-order valence-corrected chi connectivity index (χ1v) is 12.9. The van der Waals surface area contributed by atoms with Gasteiger partial charge in [0.05, 0.1) is 11.4 Å². The van der Waals surface area contributed by atoms with Crippen molar-refractivity contribution in [2.75, 3.05) is 23.7 Å². The summed E-state index contributed by atoms with van der Waals surface area (Å²) in [4.78, 5) is 28.1. The van der Waals surface area contributed by atoms with E-state index in [0.717, 1.165) is 28.1 Å². The van der Waals surface area contributed by atoms with Crippen molar-refractivity contribution in [2.45, 2.75) is 27.7 Å². The molecule has 38 heavy (non-hydrogen) atoms. The first-order chi connectivity index (χ1) is 18.2. The number of hydrogen-bond donors (Lipinski definition) is 2. The van der Waals surface area contributed by atoms with Crippen LogP contribution in [-0.2, 0) is 4.79 Å². The zero-order chi connectivity index (χ0) is 27.2. The van der Waals surface area contributed by atoms with Crippen LogP contribution in [0.4, 0.5) is 16.3 Å². The molecular weight excluding hydrogens is 498 g/mol. The highest BCUT2D eigenvalue weighted by atomic mass is 35.5. The number of nitrogens with one attached hydrogen (secondary N) is 2. The Morgan fingerprint density at radius 3 is 2.34 bits per heavy atom. The SMILES string of the molecule is Cc1ccccc1-n1nc(C)c(-c2ccccc2)c1NC(=O)CN(CC(C)C)C(=O)Nc1cccc(Cl)c1. The summed E-state index contributed by atoms with van der Waals surface area (Å²) >= 11 is 6.07. The van der Waals surface area contributed by atoms with Crippen LogP contribution in [0.1, 0.15) is 25.1 Å². The van der Waals surface area contributed by atoms with Gasteiger partial charge < -0.3 is 15.5 Å². The van der Waals surface area contributed by atoms with Crippen molar-refractivity contribution in [3.8, 4) is 16.8 Å². The van der Waals surface area contributed by atoms with Crippen LogP contribution in [0.3, 0.4) is 0 Å². The van der Waals surface area contributed by atoms with Gasteiger partial charge in [0.15, 0.2) is 0 Å². The molecule has 0 saturated carbocycles. The molecule has 0 unspecified atom stereocenters. The number of benzene rings is 3. The molecule has 0 atom stereocenters. The van der Waals surface area contributed by atoms with Gasteiger partial charge in [-0.25, -0.2) is 9.48 Å². The van der Waals surface area contributed by atoms with Crippen LogP contribution in [0.5, 0.6) is 0 Å². The number of nitrogens with zero attached hydrogens (tertiary/aromatic N) is 3. The molecule has 0 spiro atoms. The molecule has 0 radical (unpaired) electrons. The number of hydrogen-bond acceptors (Lipinski definition) is 3. The van der Waals surface area contributed by atoms with E-state index in [2.05, 4.69) is 10.6 Å². The molecule has 2 N–H and O–H groups in total. The van der Waals surface area contributed by atoms with Crippen molar-refractivity contribution >= 4 is 35.0 Å². The van der Waals surface area contributed by atoms with Crippen LogP contribution in [0, 0.1) is 19.8 Å². The first kappa shape index (κ1) is 26.9. The quantitative estimate of drug-likeness (QED) is 0.259. The average molecular weight is 530 g/mol. The van der Waals surface area contributed by atoms with Gasteiger partial charge in [0.1, 0.15) is 12.4 Å². The highest BCUT2D eigenvalue weighted by Gasteiger charge is 2.24. The monoisotopic (exact) mass is 529 g/mol. The van der Waals surface area contributed by atoms with Gasteiger partial charge in [0.25, 0.3) is 0 Å². The highest BCUT2D eigenvalue weighted by molar-refractivity contribution is 6.30. The van der Waals surface area contributed by atoms with Gasteiger partial charge in [-0.15, -0.1) is 0 Å². The molecule has 1 aromatic heterocycles. The van der Waals surface area contributed by atoms with Crippen LogP contribution < -0.4 is 10.6 Å². The van der Waals surface area contributed by atoms with Crippen LogP contribution in [0.15, 0.2) is 78.9 Å². The van der Waals surface area contributed by atoms with E-state index in [0.29, 0.717) is 23.1 Å². The number of carbonyl (C=O) groups excluding carboxylic acids is 2. The Kier molecular flexibility index (Phi) is 8.48. The van der Waals surface area contributed by atoms with Crippen molar-refractivity contribution in [1.29, 1.82) is 0 Å². The normalized spacial score (nSPS) is 10.9. The summed E-state index contributed by atoms with van der Waals surface area (Å²) < 4.78 is 1.77. The van der Waals surface area contributed by atoms with E-state index in [1.165, 1.54) is 4.90 Å². The van der Waals surface area contributed by atoms with Gasteiger partial charge in [-0.3, -0.25) is 4.79 Å². The lowest BCUT2D eigenvalue weighted by molar-refractivity contribution is -0.116. The zero-order valence-electron chi connectivity index (χ0n) is 22.0. The van der Waals surface area contributed by atoms with Crippen LogP contribution in [0.25, 0.3) is 16.8 Å². The predicted molar refractivity (Wildman–Crippen MR) is 154 cm³/mol. The summed E-state index contributed by atoms with van der Waals surface area (Å²) in [5, 5.41) is 11.2. The fourth-order valence-electron chi connectivity index (χ4n) is 4.34. The lowest BCUT2D eigenvalue weighted by Crippen LogP contribution is -2.42. The third-order valence-electron chi connectivity index (χ3n) is 6.01. The molecule has 3 aromatic carbocycles. The fraction of sp³-hybridized carbons (Fsp3) is 0.233. The first-order valence-electron chi connectivity index (χ1n) is 12.6. The number of halogens is 1. The Balaban J connectivity index is 1.65. The Morgan fingerprint density at radius 2 is 1.66 bits per heavy atom. The summed E-state index contributed by atoms with van der Waals surface area (Å²) in [7, 11) is 0. The van der Waals surface area contributed by atoms with Gasteiger partial charge in [-0.1, -0.05) is 80.0 Å². The van der Waals surface area contributed by atoms with E-state index < -0.39 is 0 Å². The van der Waals surface area contributed by atoms with E-state index in [-0.39, 0.29) is 24.4 Å². The van der Waals surface area contributed by atoms with Crippen LogP contribution in [-0.4, -0.2) is 39.7 Å². The van der Waals surface area contributed by atoms with Gasteiger partial charge in [-0.05, 0) is 55.2 Å². The van der Waals surface area contributed by atoms with E-state index >= 15 is 0 Å². The minimum absolute atomic E-state index is 0.128. The summed E-state index contributed by atoms with van der Waals surface area (Å²) in [6.45, 7) is 8.21. The van der Waals surface area contributed by atoms with Gasteiger partial charge in [0.2, 0.25) is 5.91 Å². The third-order valence-corrected chi connectivity index (χ3v) is 6.24. The van der Waals surface area contributed by atoms with Crippen molar-refractivity contribution in [3.05, 3.63) is 95.1 Å². The summed E-state index contributed by atoms with van der Waals surface area (Å²) in [6, 6.07) is 24.3. The molecule has 0 saturated heterocycles. The Morgan fingerprint density at radius 1 is 0.947 bits per heavy atom. The molecule has 4 rings (SSSR count). The number of urea groups is 1. The van der Waals surface area contributed by atoms with Crippen LogP contribution >= 0.6 is 11.6 Å². The van der Waals surface area contributed by atoms with Crippen molar-refractivity contribution < 1.29 is 9.59 Å². The number of para-hydroxylation sites is 1. The van der Waals surface area contributed by atoms with Gasteiger partial charge in [-0.2, -0.15) is 5.10 Å². The molecule has 0 aliphatic heterocycles. The number of amides is 3. The van der Waals surface area contributed by atoms with E-state index in [9.17, 15) is 9.59 Å². The fourth-order valence-corrected chi connectivity index (χ4v) is 4.53. The molecule has 3 amide bonds. The molecule has 7 nitrogen and oxygen atoms in total. The number of aromatic nitrogens is 2. The Hall–Kier alpha value is -4.10. The topological polar surface area (TPSA) is 79.3 Å². The molecule has 8 heteroatoms. The van der Waals surface area contributed by atoms with E-state index in [4.69, 9.17) is 16.7 Å². The lowest BCUT2D eigenvalue weighted by atomic mass is 10.1. The van der Waals surface area contributed by atoms with E-state index in [1.807, 2.05) is 82.3 Å². The molecule has 0 aliphatic carbocycles. The maximum Gasteiger partial charge on any atom is 0.322 e. The number of carbonyl (C=O) groups is 2. The number of aryl methyl sites for hydroxylation is 2. The van der Waals surface area contributed by atoms with E-state index in [1.54, 1.807) is 28.9 Å². The largest absolute Gasteiger partial charge is 0.322 e. The standard InChI is InChI=1S/C30H32ClN5O2/c1-20(2)18-35(30(38)32-25-15-10-14-24(31)17-25)19-27(37)33-29-28(23-12-6-5-7-13-23)22(4)34-36(29)26-16-9-8-11-21(26)3/h5-17,20H,18-19H2,1-4H3,(H,32,38)(H,33,37). The third kappa shape index (κ3) is 6.42. The van der Waals surface area contributed by atoms with Crippen molar-refractivity contribution in [2.24, 2.45) is 5.92 Å². The molecule has 196 valence electrons. The summed E-state index contributed by atoms with van der Waals surface area (Å²) in [5.74, 6) is 0.402. The minimum Gasteiger partial charge on any atom is -0.315 e. The number of anilines is 2. The molecule has 0 bridgehead atoms. The van der Waals surface area contributed by atoms with Gasteiger partial charge in [0, 0.05) is 22.8 Å². The Bertz CT molecular complexity index is 1430. The smallest absolute Gasteiger partial charge is 0.315 e.